The Labute approximate surface area is 134 Å². The lowest BCUT2D eigenvalue weighted by molar-refractivity contribution is 1.17. The molecule has 0 radical (unpaired) electrons. The Hall–Kier alpha value is -1.60. The van der Waals surface area contributed by atoms with Crippen LogP contribution in [0.5, 0.6) is 0 Å². The van der Waals surface area contributed by atoms with E-state index >= 15 is 0 Å². The molecule has 0 saturated carbocycles. The molecule has 0 N–H and O–H groups in total. The van der Waals surface area contributed by atoms with Crippen molar-refractivity contribution in [1.82, 2.24) is 0 Å². The van der Waals surface area contributed by atoms with Gasteiger partial charge in [-0.15, -0.1) is 0 Å². The zero-order valence-electron chi connectivity index (χ0n) is 12.7. The highest BCUT2D eigenvalue weighted by Gasteiger charge is 2.14. The Bertz CT molecular complexity index is 802. The molecular formula is C20H19Br. The molecule has 1 heteroatoms. The lowest BCUT2D eigenvalue weighted by Gasteiger charge is -2.16. The second-order valence-corrected chi connectivity index (χ2v) is 6.64. The monoisotopic (exact) mass is 338 g/mol. The summed E-state index contributed by atoms with van der Waals surface area (Å²) >= 11 is 3.90. The number of hydrogen-bond donors (Lipinski definition) is 0. The number of benzene rings is 3. The van der Waals surface area contributed by atoms with Crippen LogP contribution >= 0.6 is 15.9 Å². The van der Waals surface area contributed by atoms with Gasteiger partial charge in [0.1, 0.15) is 0 Å². The number of rotatable bonds is 2. The summed E-state index contributed by atoms with van der Waals surface area (Å²) in [5, 5.41) is 2.67. The molecule has 3 rings (SSSR count). The predicted octanol–water partition coefficient (Wildman–Crippen LogP) is 6.25. The van der Waals surface area contributed by atoms with Gasteiger partial charge in [0.05, 0.1) is 4.83 Å². The molecule has 0 fully saturated rings. The largest absolute Gasteiger partial charge is 0.0786 e. The Kier molecular flexibility index (Phi) is 3.86. The first-order valence-corrected chi connectivity index (χ1v) is 8.19. The van der Waals surface area contributed by atoms with Crippen LogP contribution in [0.4, 0.5) is 0 Å². The van der Waals surface area contributed by atoms with Gasteiger partial charge >= 0.3 is 0 Å². The molecule has 1 atom stereocenters. The molecule has 3 aromatic rings. The van der Waals surface area contributed by atoms with Crippen LogP contribution in [0.3, 0.4) is 0 Å². The van der Waals surface area contributed by atoms with E-state index in [0.717, 1.165) is 0 Å². The Balaban J connectivity index is 2.15. The van der Waals surface area contributed by atoms with E-state index in [2.05, 4.69) is 91.3 Å². The summed E-state index contributed by atoms with van der Waals surface area (Å²) < 4.78 is 0. The molecule has 3 aromatic carbocycles. The summed E-state index contributed by atoms with van der Waals surface area (Å²) in [6.07, 6.45) is 0. The summed E-state index contributed by atoms with van der Waals surface area (Å²) in [7, 11) is 0. The van der Waals surface area contributed by atoms with Crippen LogP contribution in [0, 0.1) is 20.8 Å². The van der Waals surface area contributed by atoms with Crippen molar-refractivity contribution in [3.05, 3.63) is 82.4 Å². The van der Waals surface area contributed by atoms with Gasteiger partial charge in [-0.3, -0.25) is 0 Å². The second kappa shape index (κ2) is 5.65. The summed E-state index contributed by atoms with van der Waals surface area (Å²) in [5.41, 5.74) is 6.65. The highest BCUT2D eigenvalue weighted by molar-refractivity contribution is 9.09. The molecule has 1 unspecified atom stereocenters. The number of halogens is 1. The molecular weight excluding hydrogens is 320 g/mol. The first-order valence-electron chi connectivity index (χ1n) is 7.27. The van der Waals surface area contributed by atoms with Crippen molar-refractivity contribution in [2.75, 3.05) is 0 Å². The quantitative estimate of drug-likeness (QED) is 0.484. The smallest absolute Gasteiger partial charge is 0.0650 e. The van der Waals surface area contributed by atoms with Crippen molar-refractivity contribution in [1.29, 1.82) is 0 Å². The van der Waals surface area contributed by atoms with Gasteiger partial charge in [-0.25, -0.2) is 0 Å². The summed E-state index contributed by atoms with van der Waals surface area (Å²) in [4.78, 5) is 0.224. The summed E-state index contributed by atoms with van der Waals surface area (Å²) in [6.45, 7) is 6.50. The van der Waals surface area contributed by atoms with Crippen LogP contribution in [0.15, 0.2) is 54.6 Å². The second-order valence-electron chi connectivity index (χ2n) is 5.72. The van der Waals surface area contributed by atoms with Gasteiger partial charge < -0.3 is 0 Å². The summed E-state index contributed by atoms with van der Waals surface area (Å²) in [5.74, 6) is 0. The fraction of sp³-hybridized carbons (Fsp3) is 0.200. The third-order valence-corrected chi connectivity index (χ3v) is 5.29. The molecule has 0 aliphatic rings. The standard InChI is InChI=1S/C20H19Br/c1-13-8-10-16(12-15(13)3)20(21)19-11-9-14(2)17-6-4-5-7-18(17)19/h4-12,20H,1-3H3. The summed E-state index contributed by atoms with van der Waals surface area (Å²) in [6, 6.07) is 19.8. The Morgan fingerprint density at radius 3 is 2.10 bits per heavy atom. The molecule has 0 saturated heterocycles. The molecule has 21 heavy (non-hydrogen) atoms. The fourth-order valence-corrected chi connectivity index (χ4v) is 3.48. The van der Waals surface area contributed by atoms with E-state index in [1.807, 2.05) is 0 Å². The highest BCUT2D eigenvalue weighted by atomic mass is 79.9. The van der Waals surface area contributed by atoms with Gasteiger partial charge in [-0.05, 0) is 59.4 Å². The number of hydrogen-bond acceptors (Lipinski definition) is 0. The molecule has 0 aliphatic heterocycles. The minimum Gasteiger partial charge on any atom is -0.0786 e. The zero-order valence-corrected chi connectivity index (χ0v) is 14.2. The normalized spacial score (nSPS) is 12.6. The van der Waals surface area contributed by atoms with E-state index in [0.29, 0.717) is 0 Å². The van der Waals surface area contributed by atoms with Gasteiger partial charge in [0.25, 0.3) is 0 Å². The molecule has 0 nitrogen and oxygen atoms in total. The van der Waals surface area contributed by atoms with Gasteiger partial charge in [0.2, 0.25) is 0 Å². The van der Waals surface area contributed by atoms with Gasteiger partial charge in [-0.1, -0.05) is 70.5 Å². The van der Waals surface area contributed by atoms with Crippen LogP contribution in [0.2, 0.25) is 0 Å². The van der Waals surface area contributed by atoms with Gasteiger partial charge in [0.15, 0.2) is 0 Å². The maximum Gasteiger partial charge on any atom is 0.0650 e. The first kappa shape index (κ1) is 14.3. The van der Waals surface area contributed by atoms with Crippen molar-refractivity contribution in [3.8, 4) is 0 Å². The molecule has 0 amide bonds. The Morgan fingerprint density at radius 2 is 1.38 bits per heavy atom. The number of fused-ring (bicyclic) bond motifs is 1. The van der Waals surface area contributed by atoms with Crippen LogP contribution < -0.4 is 0 Å². The van der Waals surface area contributed by atoms with Crippen molar-refractivity contribution in [2.24, 2.45) is 0 Å². The average molecular weight is 339 g/mol. The number of aryl methyl sites for hydroxylation is 3. The molecule has 0 bridgehead atoms. The van der Waals surface area contributed by atoms with E-state index in [1.54, 1.807) is 0 Å². The first-order chi connectivity index (χ1) is 10.1. The third kappa shape index (κ3) is 2.63. The van der Waals surface area contributed by atoms with E-state index < -0.39 is 0 Å². The third-order valence-electron chi connectivity index (χ3n) is 4.27. The van der Waals surface area contributed by atoms with E-state index in [4.69, 9.17) is 0 Å². The molecule has 106 valence electrons. The SMILES string of the molecule is Cc1ccc(C(Br)c2ccc(C)c3ccccc23)cc1C. The minimum atomic E-state index is 0.224. The van der Waals surface area contributed by atoms with Crippen molar-refractivity contribution < 1.29 is 0 Å². The zero-order chi connectivity index (χ0) is 15.0. The van der Waals surface area contributed by atoms with E-state index in [-0.39, 0.29) is 4.83 Å². The van der Waals surface area contributed by atoms with Gasteiger partial charge in [0, 0.05) is 0 Å². The topological polar surface area (TPSA) is 0 Å². The van der Waals surface area contributed by atoms with E-state index in [9.17, 15) is 0 Å². The maximum atomic E-state index is 3.90. The number of alkyl halides is 1. The highest BCUT2D eigenvalue weighted by Crippen LogP contribution is 2.36. The van der Waals surface area contributed by atoms with Crippen LogP contribution in [-0.2, 0) is 0 Å². The Morgan fingerprint density at radius 1 is 0.714 bits per heavy atom. The lowest BCUT2D eigenvalue weighted by atomic mass is 9.94. The van der Waals surface area contributed by atoms with Crippen molar-refractivity contribution in [2.45, 2.75) is 25.6 Å². The molecule has 0 spiro atoms. The minimum absolute atomic E-state index is 0.224. The van der Waals surface area contributed by atoms with Crippen LogP contribution in [-0.4, -0.2) is 0 Å². The van der Waals surface area contributed by atoms with Crippen LogP contribution in [0.1, 0.15) is 32.6 Å². The predicted molar refractivity (Wildman–Crippen MR) is 95.4 cm³/mol. The van der Waals surface area contributed by atoms with E-state index in [1.165, 1.54) is 38.6 Å². The fourth-order valence-electron chi connectivity index (χ4n) is 2.80. The van der Waals surface area contributed by atoms with Gasteiger partial charge in [-0.2, -0.15) is 0 Å². The van der Waals surface area contributed by atoms with Crippen LogP contribution in [0.25, 0.3) is 10.8 Å². The molecule has 0 aliphatic carbocycles. The van der Waals surface area contributed by atoms with Crippen molar-refractivity contribution in [3.63, 3.8) is 0 Å². The average Bonchev–Trinajstić information content (AvgIpc) is 2.50. The molecule has 0 aromatic heterocycles. The lowest BCUT2D eigenvalue weighted by Crippen LogP contribution is -1.96. The maximum absolute atomic E-state index is 3.90. The van der Waals surface area contributed by atoms with Crippen molar-refractivity contribution >= 4 is 26.7 Å². The molecule has 0 heterocycles.